The van der Waals surface area contributed by atoms with Crippen LogP contribution in [0.3, 0.4) is 0 Å². The van der Waals surface area contributed by atoms with E-state index < -0.39 is 6.10 Å². The van der Waals surface area contributed by atoms with Gasteiger partial charge in [-0.05, 0) is 29.8 Å². The molecule has 0 aliphatic carbocycles. The van der Waals surface area contributed by atoms with Crippen LogP contribution in [-0.4, -0.2) is 68.8 Å². The highest BCUT2D eigenvalue weighted by molar-refractivity contribution is 5.97. The Morgan fingerprint density at radius 3 is 2.70 bits per heavy atom. The third-order valence-electron chi connectivity index (χ3n) is 5.58. The fourth-order valence-corrected chi connectivity index (χ4v) is 3.85. The van der Waals surface area contributed by atoms with Crippen molar-refractivity contribution in [2.75, 3.05) is 52.9 Å². The van der Waals surface area contributed by atoms with Gasteiger partial charge in [0.1, 0.15) is 17.6 Å². The summed E-state index contributed by atoms with van der Waals surface area (Å²) in [6.07, 6.45) is 1.40. The first kappa shape index (κ1) is 22.5. The Bertz CT molecular complexity index is 1130. The number of carbonyl (C=O) groups excluding carboxylic acids is 1. The van der Waals surface area contributed by atoms with Crippen LogP contribution < -0.4 is 14.4 Å². The third-order valence-corrected chi connectivity index (χ3v) is 5.58. The summed E-state index contributed by atoms with van der Waals surface area (Å²) < 4.78 is 16.9. The predicted octanol–water partition coefficient (Wildman–Crippen LogP) is 3.44. The fourth-order valence-electron chi connectivity index (χ4n) is 3.85. The number of hydrogen-bond donors (Lipinski definition) is 0. The highest BCUT2D eigenvalue weighted by Crippen LogP contribution is 2.33. The van der Waals surface area contributed by atoms with E-state index in [-0.39, 0.29) is 5.91 Å². The van der Waals surface area contributed by atoms with Crippen LogP contribution in [0.4, 0.5) is 5.95 Å². The summed E-state index contributed by atoms with van der Waals surface area (Å²) in [7, 11) is 6.99. The van der Waals surface area contributed by atoms with Gasteiger partial charge in [0.05, 0.1) is 38.6 Å². The molecule has 1 aliphatic rings. The van der Waals surface area contributed by atoms with E-state index in [1.54, 1.807) is 37.4 Å². The molecule has 2 heterocycles. The summed E-state index contributed by atoms with van der Waals surface area (Å²) in [5, 5.41) is 0. The lowest BCUT2D eigenvalue weighted by Crippen LogP contribution is -2.42. The molecule has 4 rings (SSSR count). The third kappa shape index (κ3) is 4.75. The molecule has 8 nitrogen and oxygen atoms in total. The molecule has 1 unspecified atom stereocenters. The molecule has 2 aromatic carbocycles. The topological polar surface area (TPSA) is 77.0 Å². The molecule has 0 saturated carbocycles. The molecule has 8 heteroatoms. The lowest BCUT2D eigenvalue weighted by molar-refractivity contribution is -0.0245. The molecule has 0 radical (unpaired) electrons. The van der Waals surface area contributed by atoms with Gasteiger partial charge in [-0.3, -0.25) is 4.79 Å². The summed E-state index contributed by atoms with van der Waals surface area (Å²) in [6, 6.07) is 15.0. The highest BCUT2D eigenvalue weighted by Gasteiger charge is 2.30. The summed E-state index contributed by atoms with van der Waals surface area (Å²) in [5.74, 6) is 1.78. The van der Waals surface area contributed by atoms with E-state index in [4.69, 9.17) is 19.2 Å². The van der Waals surface area contributed by atoms with Gasteiger partial charge in [0, 0.05) is 32.4 Å². The average Bonchev–Trinajstić information content (AvgIpc) is 2.87. The quantitative estimate of drug-likeness (QED) is 0.572. The molecule has 0 bridgehead atoms. The van der Waals surface area contributed by atoms with Crippen LogP contribution in [-0.2, 0) is 4.74 Å². The molecule has 0 spiro atoms. The SMILES string of the molecule is COc1cccc(-c2cnc(N(C)C)nc2C2CN(C(=O)c3ccccc3OC)CCO2)c1. The second kappa shape index (κ2) is 9.87. The van der Waals surface area contributed by atoms with Crippen molar-refractivity contribution in [1.29, 1.82) is 0 Å². The van der Waals surface area contributed by atoms with E-state index in [9.17, 15) is 4.79 Å². The Balaban J connectivity index is 1.69. The van der Waals surface area contributed by atoms with Gasteiger partial charge in [0.25, 0.3) is 5.91 Å². The number of benzene rings is 2. The smallest absolute Gasteiger partial charge is 0.257 e. The normalized spacial score (nSPS) is 15.8. The number of ether oxygens (including phenoxy) is 3. The number of amides is 1. The maximum Gasteiger partial charge on any atom is 0.257 e. The van der Waals surface area contributed by atoms with Crippen molar-refractivity contribution in [3.8, 4) is 22.6 Å². The van der Waals surface area contributed by atoms with Crippen molar-refractivity contribution in [1.82, 2.24) is 14.9 Å². The van der Waals surface area contributed by atoms with Crippen molar-refractivity contribution in [2.24, 2.45) is 0 Å². The monoisotopic (exact) mass is 448 g/mol. The Kier molecular flexibility index (Phi) is 6.74. The van der Waals surface area contributed by atoms with Crippen molar-refractivity contribution in [3.63, 3.8) is 0 Å². The molecule has 1 amide bonds. The van der Waals surface area contributed by atoms with Crippen molar-refractivity contribution < 1.29 is 19.0 Å². The average molecular weight is 449 g/mol. The fraction of sp³-hybridized carbons (Fsp3) is 0.320. The second-order valence-corrected chi connectivity index (χ2v) is 7.91. The number of carbonyl (C=O) groups is 1. The minimum atomic E-state index is -0.402. The van der Waals surface area contributed by atoms with Gasteiger partial charge in [0.15, 0.2) is 0 Å². The van der Waals surface area contributed by atoms with Crippen LogP contribution in [0, 0.1) is 0 Å². The van der Waals surface area contributed by atoms with Crippen molar-refractivity contribution in [3.05, 3.63) is 66.0 Å². The van der Waals surface area contributed by atoms with Crippen molar-refractivity contribution in [2.45, 2.75) is 6.10 Å². The highest BCUT2D eigenvalue weighted by atomic mass is 16.5. The minimum absolute atomic E-state index is 0.0921. The van der Waals surface area contributed by atoms with E-state index >= 15 is 0 Å². The second-order valence-electron chi connectivity index (χ2n) is 7.91. The van der Waals surface area contributed by atoms with Crippen LogP contribution in [0.25, 0.3) is 11.1 Å². The standard InChI is InChI=1S/C25H28N4O4/c1-28(2)25-26-15-20(17-8-7-9-18(14-17)31-3)23(27-25)22-16-29(12-13-33-22)24(30)19-10-5-6-11-21(19)32-4/h5-11,14-15,22H,12-13,16H2,1-4H3. The molecule has 1 atom stereocenters. The number of nitrogens with zero attached hydrogens (tertiary/aromatic N) is 4. The summed E-state index contributed by atoms with van der Waals surface area (Å²) >= 11 is 0. The van der Waals surface area contributed by atoms with Gasteiger partial charge < -0.3 is 24.0 Å². The first-order chi connectivity index (χ1) is 16.0. The summed E-state index contributed by atoms with van der Waals surface area (Å²) in [5.41, 5.74) is 3.03. The molecular weight excluding hydrogens is 420 g/mol. The number of anilines is 1. The number of hydrogen-bond acceptors (Lipinski definition) is 7. The van der Waals surface area contributed by atoms with Crippen LogP contribution in [0.15, 0.2) is 54.7 Å². The minimum Gasteiger partial charge on any atom is -0.497 e. The van der Waals surface area contributed by atoms with Gasteiger partial charge in [-0.15, -0.1) is 0 Å². The summed E-state index contributed by atoms with van der Waals surface area (Å²) in [6.45, 7) is 1.27. The lowest BCUT2D eigenvalue weighted by Gasteiger charge is -2.34. The van der Waals surface area contributed by atoms with E-state index in [1.165, 1.54) is 0 Å². The van der Waals surface area contributed by atoms with Crippen LogP contribution in [0.2, 0.25) is 0 Å². The molecule has 1 aliphatic heterocycles. The van der Waals surface area contributed by atoms with Crippen LogP contribution in [0.5, 0.6) is 11.5 Å². The van der Waals surface area contributed by atoms with Gasteiger partial charge in [-0.1, -0.05) is 24.3 Å². The molecule has 3 aromatic rings. The lowest BCUT2D eigenvalue weighted by atomic mass is 10.0. The summed E-state index contributed by atoms with van der Waals surface area (Å²) in [4.78, 5) is 26.3. The first-order valence-corrected chi connectivity index (χ1v) is 10.7. The maximum absolute atomic E-state index is 13.3. The van der Waals surface area contributed by atoms with E-state index in [0.29, 0.717) is 37.0 Å². The molecule has 1 saturated heterocycles. The van der Waals surface area contributed by atoms with E-state index in [1.807, 2.05) is 55.4 Å². The largest absolute Gasteiger partial charge is 0.497 e. The molecule has 1 aromatic heterocycles. The Labute approximate surface area is 193 Å². The zero-order chi connectivity index (χ0) is 23.4. The Morgan fingerprint density at radius 1 is 1.12 bits per heavy atom. The number of para-hydroxylation sites is 1. The molecular formula is C25H28N4O4. The number of morpholine rings is 1. The van der Waals surface area contributed by atoms with E-state index in [2.05, 4.69) is 4.98 Å². The molecule has 33 heavy (non-hydrogen) atoms. The number of methoxy groups -OCH3 is 2. The Hall–Kier alpha value is -3.65. The zero-order valence-corrected chi connectivity index (χ0v) is 19.3. The zero-order valence-electron chi connectivity index (χ0n) is 19.3. The van der Waals surface area contributed by atoms with Crippen LogP contribution >= 0.6 is 0 Å². The van der Waals surface area contributed by atoms with Gasteiger partial charge >= 0.3 is 0 Å². The first-order valence-electron chi connectivity index (χ1n) is 10.7. The van der Waals surface area contributed by atoms with Crippen LogP contribution in [0.1, 0.15) is 22.2 Å². The van der Waals surface area contributed by atoms with Crippen molar-refractivity contribution >= 4 is 11.9 Å². The Morgan fingerprint density at radius 2 is 1.94 bits per heavy atom. The van der Waals surface area contributed by atoms with Gasteiger partial charge in [0.2, 0.25) is 5.95 Å². The van der Waals surface area contributed by atoms with E-state index in [0.717, 1.165) is 22.6 Å². The molecule has 1 fully saturated rings. The van der Waals surface area contributed by atoms with Gasteiger partial charge in [-0.2, -0.15) is 0 Å². The number of aromatic nitrogens is 2. The predicted molar refractivity (Wildman–Crippen MR) is 126 cm³/mol. The van der Waals surface area contributed by atoms with Gasteiger partial charge in [-0.25, -0.2) is 9.97 Å². The molecule has 0 N–H and O–H groups in total. The number of rotatable bonds is 6. The molecule has 172 valence electrons. The maximum atomic E-state index is 13.3.